The first kappa shape index (κ1) is 45.1. The Morgan fingerprint density at radius 1 is 0.569 bits per heavy atom. The van der Waals surface area contributed by atoms with Crippen molar-refractivity contribution in [3.8, 4) is 5.75 Å². The van der Waals surface area contributed by atoms with Gasteiger partial charge >= 0.3 is 59.9 Å². The van der Waals surface area contributed by atoms with Gasteiger partial charge in [0.05, 0.1) is 13.2 Å². The van der Waals surface area contributed by atoms with E-state index >= 15 is 0 Å². The monoisotopic (exact) mass is 782 g/mol. The van der Waals surface area contributed by atoms with E-state index in [1.165, 1.54) is 0 Å². The fourth-order valence-corrected chi connectivity index (χ4v) is 3.52. The summed E-state index contributed by atoms with van der Waals surface area (Å²) in [4.78, 5) is 24.1. The molecule has 1 rings (SSSR count). The van der Waals surface area contributed by atoms with E-state index in [2.05, 4.69) is 4.74 Å². The van der Waals surface area contributed by atoms with Crippen molar-refractivity contribution in [3.05, 3.63) is 30.0 Å². The van der Waals surface area contributed by atoms with Gasteiger partial charge in [0.15, 0.2) is 0 Å². The number of carbonyl (C=O) groups is 2. The zero-order valence-electron chi connectivity index (χ0n) is 25.9. The van der Waals surface area contributed by atoms with Gasteiger partial charge in [0, 0.05) is 23.5 Å². The standard InChI is InChI=1S/C27H27F17N2O5/c1-3-5-7-9-49-19(47)45-14-11-15(46-20(48)50-10-8-6-4-2)13-16(12-14)51-18(29)17(28)21(30,31)22(32,33)23(34,35)24(36,37)25(38,39)26(40,41)27(42,43)44/h11-13H,3-10H2,1-2H3,(H,45,47)(H,46,48). The molecule has 0 aliphatic carbocycles. The summed E-state index contributed by atoms with van der Waals surface area (Å²) in [7, 11) is 0. The summed E-state index contributed by atoms with van der Waals surface area (Å²) in [5, 5.41) is 3.87. The highest BCUT2D eigenvalue weighted by Gasteiger charge is 2.93. The lowest BCUT2D eigenvalue weighted by molar-refractivity contribution is -0.451. The summed E-state index contributed by atoms with van der Waals surface area (Å²) in [6.45, 7) is 3.23. The predicted octanol–water partition coefficient (Wildman–Crippen LogP) is 11.0. The Kier molecular flexibility index (Phi) is 14.7. The Bertz CT molecular complexity index is 1340. The van der Waals surface area contributed by atoms with Gasteiger partial charge in [0.1, 0.15) is 5.75 Å². The van der Waals surface area contributed by atoms with Gasteiger partial charge in [-0.05, 0) is 18.9 Å². The quantitative estimate of drug-likeness (QED) is 0.0880. The van der Waals surface area contributed by atoms with Crippen molar-refractivity contribution < 1.29 is 98.4 Å². The zero-order valence-corrected chi connectivity index (χ0v) is 25.9. The van der Waals surface area contributed by atoms with E-state index in [-0.39, 0.29) is 13.2 Å². The molecule has 0 heterocycles. The van der Waals surface area contributed by atoms with Crippen molar-refractivity contribution >= 4 is 23.6 Å². The molecule has 1 aromatic rings. The van der Waals surface area contributed by atoms with Crippen LogP contribution >= 0.6 is 0 Å². The second-order valence-corrected chi connectivity index (χ2v) is 10.3. The molecular formula is C27H27F17N2O5. The number of unbranched alkanes of at least 4 members (excludes halogenated alkanes) is 4. The number of anilines is 2. The predicted molar refractivity (Wildman–Crippen MR) is 141 cm³/mol. The minimum atomic E-state index is -8.74. The van der Waals surface area contributed by atoms with Crippen LogP contribution in [-0.2, 0) is 9.47 Å². The van der Waals surface area contributed by atoms with Crippen LogP contribution in [0.25, 0.3) is 0 Å². The number of alkyl halides is 15. The van der Waals surface area contributed by atoms with E-state index in [9.17, 15) is 84.2 Å². The van der Waals surface area contributed by atoms with Gasteiger partial charge in [-0.15, -0.1) is 0 Å². The Labute approximate surface area is 276 Å². The lowest BCUT2D eigenvalue weighted by Gasteiger charge is -2.41. The number of rotatable bonds is 18. The molecular weight excluding hydrogens is 755 g/mol. The fourth-order valence-electron chi connectivity index (χ4n) is 3.52. The number of hydrogen-bond acceptors (Lipinski definition) is 5. The van der Waals surface area contributed by atoms with Crippen LogP contribution in [0.3, 0.4) is 0 Å². The molecule has 7 nitrogen and oxygen atoms in total. The Balaban J connectivity index is 3.58. The lowest BCUT2D eigenvalue weighted by atomic mass is 9.91. The average molecular weight is 782 g/mol. The van der Waals surface area contributed by atoms with Crippen LogP contribution in [0.15, 0.2) is 30.0 Å². The number of ether oxygens (including phenoxy) is 3. The number of hydrogen-bond donors (Lipinski definition) is 2. The van der Waals surface area contributed by atoms with E-state index < -0.39 is 82.9 Å². The second kappa shape index (κ2) is 16.6. The summed E-state index contributed by atoms with van der Waals surface area (Å²) in [5.41, 5.74) is -1.28. The molecule has 0 fully saturated rings. The van der Waals surface area contributed by atoms with Crippen molar-refractivity contribution in [2.45, 2.75) is 94.1 Å². The topological polar surface area (TPSA) is 85.9 Å². The van der Waals surface area contributed by atoms with Crippen molar-refractivity contribution in [2.24, 2.45) is 0 Å². The first-order chi connectivity index (χ1) is 23.1. The third-order valence-corrected chi connectivity index (χ3v) is 6.34. The Morgan fingerprint density at radius 3 is 1.31 bits per heavy atom. The highest BCUT2D eigenvalue weighted by molar-refractivity contribution is 5.89. The van der Waals surface area contributed by atoms with Crippen LogP contribution in [0.4, 0.5) is 95.6 Å². The third-order valence-electron chi connectivity index (χ3n) is 6.34. The van der Waals surface area contributed by atoms with Crippen molar-refractivity contribution in [3.63, 3.8) is 0 Å². The second-order valence-electron chi connectivity index (χ2n) is 10.3. The van der Waals surface area contributed by atoms with E-state index in [1.807, 2.05) is 10.6 Å². The van der Waals surface area contributed by atoms with Crippen LogP contribution in [0.2, 0.25) is 0 Å². The Hall–Kier alpha value is -3.89. The van der Waals surface area contributed by atoms with Gasteiger partial charge in [-0.1, -0.05) is 39.5 Å². The molecule has 2 N–H and O–H groups in total. The van der Waals surface area contributed by atoms with Crippen LogP contribution in [-0.4, -0.2) is 67.1 Å². The van der Waals surface area contributed by atoms with Gasteiger partial charge < -0.3 is 14.2 Å². The molecule has 0 bridgehead atoms. The maximum Gasteiger partial charge on any atom is 0.460 e. The Morgan fingerprint density at radius 2 is 0.941 bits per heavy atom. The molecule has 51 heavy (non-hydrogen) atoms. The minimum absolute atomic E-state index is 0.180. The van der Waals surface area contributed by atoms with Gasteiger partial charge in [0.25, 0.3) is 0 Å². The van der Waals surface area contributed by atoms with E-state index in [4.69, 9.17) is 9.47 Å². The molecule has 0 spiro atoms. The van der Waals surface area contributed by atoms with Gasteiger partial charge in [-0.25, -0.2) is 9.59 Å². The first-order valence-electron chi connectivity index (χ1n) is 14.2. The molecule has 0 aliphatic heterocycles. The number of amides is 2. The summed E-state index contributed by atoms with van der Waals surface area (Å²) in [5.74, 6) is -56.4. The van der Waals surface area contributed by atoms with Crippen molar-refractivity contribution in [1.82, 2.24) is 0 Å². The van der Waals surface area contributed by atoms with E-state index in [0.717, 1.165) is 6.07 Å². The molecule has 2 amide bonds. The summed E-state index contributed by atoms with van der Waals surface area (Å²) in [6.07, 6.45) is -7.13. The third kappa shape index (κ3) is 9.71. The number of carbonyl (C=O) groups excluding carboxylic acids is 2. The lowest BCUT2D eigenvalue weighted by Crippen LogP contribution is -2.72. The molecule has 0 saturated heterocycles. The number of nitrogens with one attached hydrogen (secondary N) is 2. The normalized spacial score (nSPS) is 14.1. The molecule has 24 heteroatoms. The van der Waals surface area contributed by atoms with Crippen molar-refractivity contribution in [1.29, 1.82) is 0 Å². The number of allylic oxidation sites excluding steroid dienone is 1. The number of halogens is 17. The molecule has 1 aromatic carbocycles. The van der Waals surface area contributed by atoms with E-state index in [1.54, 1.807) is 13.8 Å². The van der Waals surface area contributed by atoms with Gasteiger partial charge in [0.2, 0.25) is 5.83 Å². The first-order valence-corrected chi connectivity index (χ1v) is 14.2. The maximum atomic E-state index is 14.4. The van der Waals surface area contributed by atoms with Crippen LogP contribution < -0.4 is 15.4 Å². The van der Waals surface area contributed by atoms with Crippen LogP contribution in [0.1, 0.15) is 52.4 Å². The fraction of sp³-hybridized carbons (Fsp3) is 0.630. The zero-order chi connectivity index (χ0) is 39.9. The number of benzene rings is 1. The average Bonchev–Trinajstić information content (AvgIpc) is 2.99. The van der Waals surface area contributed by atoms with Crippen molar-refractivity contribution in [2.75, 3.05) is 23.8 Å². The van der Waals surface area contributed by atoms with Gasteiger partial charge in [-0.2, -0.15) is 74.6 Å². The molecule has 0 unspecified atom stereocenters. The maximum absolute atomic E-state index is 14.4. The van der Waals surface area contributed by atoms with Crippen LogP contribution in [0.5, 0.6) is 5.75 Å². The summed E-state index contributed by atoms with van der Waals surface area (Å²) < 4.78 is 244. The molecule has 294 valence electrons. The molecule has 0 saturated carbocycles. The van der Waals surface area contributed by atoms with E-state index in [0.29, 0.717) is 50.7 Å². The van der Waals surface area contributed by atoms with Crippen LogP contribution in [0, 0.1) is 0 Å². The molecule has 0 aromatic heterocycles. The summed E-state index contributed by atoms with van der Waals surface area (Å²) in [6, 6.07) is -2.21. The summed E-state index contributed by atoms with van der Waals surface area (Å²) >= 11 is 0. The largest absolute Gasteiger partial charge is 0.460 e. The molecule has 0 atom stereocenters. The molecule has 0 radical (unpaired) electrons. The SMILES string of the molecule is CCCCCOC(=O)Nc1cc(NC(=O)OCCCCC)cc(OC(F)=C(F)C(F)(F)C(F)(F)C(F)(F)C(F)(F)C(F)(F)C(F)(F)C(F)(F)F)c1. The van der Waals surface area contributed by atoms with Gasteiger partial charge in [-0.3, -0.25) is 10.6 Å². The highest BCUT2D eigenvalue weighted by atomic mass is 19.4. The molecule has 0 aliphatic rings. The smallest absolute Gasteiger partial charge is 0.449 e. The highest BCUT2D eigenvalue weighted by Crippen LogP contribution is 2.63. The minimum Gasteiger partial charge on any atom is -0.449 e.